The van der Waals surface area contributed by atoms with Crippen molar-refractivity contribution in [1.82, 2.24) is 0 Å². The standard InChI is InChI=1S/C9H15OP/c1-5-9-6-11(4,10)8(3)7(9)2/h1,7-9H,6H2,2-4H3. The fourth-order valence-corrected chi connectivity index (χ4v) is 4.52. The van der Waals surface area contributed by atoms with Crippen LogP contribution in [0.15, 0.2) is 0 Å². The van der Waals surface area contributed by atoms with Gasteiger partial charge in [-0.25, -0.2) is 0 Å². The summed E-state index contributed by atoms with van der Waals surface area (Å²) in [5.74, 6) is 3.42. The third-order valence-corrected chi connectivity index (χ3v) is 6.34. The summed E-state index contributed by atoms with van der Waals surface area (Å²) in [6, 6.07) is 0. The van der Waals surface area contributed by atoms with Crippen LogP contribution in [-0.2, 0) is 4.57 Å². The first-order chi connectivity index (χ1) is 4.99. The molecule has 0 saturated carbocycles. The number of hydrogen-bond acceptors (Lipinski definition) is 1. The smallest absolute Gasteiger partial charge is 0.0890 e. The topological polar surface area (TPSA) is 17.1 Å². The maximum absolute atomic E-state index is 11.8. The minimum absolute atomic E-state index is 0.251. The van der Waals surface area contributed by atoms with Gasteiger partial charge in [-0.2, -0.15) is 0 Å². The summed E-state index contributed by atoms with van der Waals surface area (Å²) >= 11 is 0. The Morgan fingerprint density at radius 2 is 2.09 bits per heavy atom. The van der Waals surface area contributed by atoms with Gasteiger partial charge in [-0.15, -0.1) is 12.3 Å². The fourth-order valence-electron chi connectivity index (χ4n) is 1.76. The van der Waals surface area contributed by atoms with E-state index in [1.54, 1.807) is 0 Å². The molecule has 0 N–H and O–H groups in total. The van der Waals surface area contributed by atoms with Crippen molar-refractivity contribution in [3.8, 4) is 12.3 Å². The first-order valence-corrected chi connectivity index (χ1v) is 6.42. The summed E-state index contributed by atoms with van der Waals surface area (Å²) in [4.78, 5) is 0. The van der Waals surface area contributed by atoms with E-state index in [4.69, 9.17) is 6.42 Å². The van der Waals surface area contributed by atoms with Crippen LogP contribution in [0.5, 0.6) is 0 Å². The molecule has 0 aliphatic carbocycles. The van der Waals surface area contributed by atoms with Crippen molar-refractivity contribution in [3.05, 3.63) is 0 Å². The lowest BCUT2D eigenvalue weighted by Crippen LogP contribution is -2.11. The highest BCUT2D eigenvalue weighted by atomic mass is 31.2. The Kier molecular flexibility index (Phi) is 2.17. The molecular weight excluding hydrogens is 155 g/mol. The van der Waals surface area contributed by atoms with Gasteiger partial charge < -0.3 is 4.57 Å². The Labute approximate surface area is 68.9 Å². The summed E-state index contributed by atoms with van der Waals surface area (Å²) in [5.41, 5.74) is 0.323. The number of rotatable bonds is 0. The zero-order chi connectivity index (χ0) is 8.65. The highest BCUT2D eigenvalue weighted by molar-refractivity contribution is 7.64. The van der Waals surface area contributed by atoms with E-state index in [1.165, 1.54) is 0 Å². The highest BCUT2D eigenvalue weighted by Gasteiger charge is 2.41. The Balaban J connectivity index is 2.88. The van der Waals surface area contributed by atoms with Gasteiger partial charge in [0.05, 0.1) is 7.14 Å². The van der Waals surface area contributed by atoms with E-state index < -0.39 is 7.14 Å². The molecule has 4 unspecified atom stereocenters. The van der Waals surface area contributed by atoms with Gasteiger partial charge in [-0.05, 0) is 12.6 Å². The predicted octanol–water partition coefficient (Wildman–Crippen LogP) is 2.27. The molecule has 62 valence electrons. The molecule has 0 amide bonds. The van der Waals surface area contributed by atoms with Crippen molar-refractivity contribution in [3.63, 3.8) is 0 Å². The largest absolute Gasteiger partial charge is 0.324 e. The van der Waals surface area contributed by atoms with E-state index in [9.17, 15) is 4.57 Å². The van der Waals surface area contributed by atoms with Crippen molar-refractivity contribution in [2.24, 2.45) is 11.8 Å². The number of hydrogen-bond donors (Lipinski definition) is 0. The van der Waals surface area contributed by atoms with Crippen LogP contribution < -0.4 is 0 Å². The van der Waals surface area contributed by atoms with Crippen molar-refractivity contribution in [2.75, 3.05) is 12.8 Å². The quantitative estimate of drug-likeness (QED) is 0.402. The SMILES string of the molecule is C#CC1CP(C)(=O)C(C)C1C. The summed E-state index contributed by atoms with van der Waals surface area (Å²) in [6.45, 7) is 6.05. The molecule has 1 rings (SSSR count). The van der Waals surface area contributed by atoms with Gasteiger partial charge >= 0.3 is 0 Å². The molecule has 1 heterocycles. The molecule has 4 atom stereocenters. The van der Waals surface area contributed by atoms with Crippen LogP contribution in [0.1, 0.15) is 13.8 Å². The molecule has 1 aliphatic heterocycles. The molecule has 0 spiro atoms. The van der Waals surface area contributed by atoms with Crippen LogP contribution in [0.3, 0.4) is 0 Å². The lowest BCUT2D eigenvalue weighted by molar-refractivity contribution is 0.498. The zero-order valence-corrected chi connectivity index (χ0v) is 8.27. The Morgan fingerprint density at radius 3 is 2.27 bits per heavy atom. The molecule has 0 aromatic carbocycles. The summed E-state index contributed by atoms with van der Waals surface area (Å²) in [7, 11) is -1.91. The lowest BCUT2D eigenvalue weighted by atomic mass is 9.95. The molecule has 1 aliphatic rings. The minimum Gasteiger partial charge on any atom is -0.324 e. The molecule has 0 radical (unpaired) electrons. The summed E-state index contributed by atoms with van der Waals surface area (Å²) in [6.07, 6.45) is 6.09. The fraction of sp³-hybridized carbons (Fsp3) is 0.778. The van der Waals surface area contributed by atoms with Crippen molar-refractivity contribution >= 4 is 7.14 Å². The van der Waals surface area contributed by atoms with E-state index in [-0.39, 0.29) is 5.92 Å². The number of terminal acetylenes is 1. The van der Waals surface area contributed by atoms with Gasteiger partial charge in [-0.1, -0.05) is 13.8 Å². The average Bonchev–Trinajstić information content (AvgIpc) is 2.13. The third-order valence-electron chi connectivity index (χ3n) is 3.03. The Bertz CT molecular complexity index is 238. The second-order valence-electron chi connectivity index (χ2n) is 3.73. The molecule has 0 aromatic heterocycles. The van der Waals surface area contributed by atoms with Crippen LogP contribution in [0, 0.1) is 24.2 Å². The molecular formula is C9H15OP. The van der Waals surface area contributed by atoms with Crippen LogP contribution in [0.2, 0.25) is 0 Å². The van der Waals surface area contributed by atoms with Crippen LogP contribution in [0.25, 0.3) is 0 Å². The second-order valence-corrected chi connectivity index (χ2v) is 7.26. The van der Waals surface area contributed by atoms with Crippen molar-refractivity contribution in [1.29, 1.82) is 0 Å². The predicted molar refractivity (Wildman–Crippen MR) is 49.3 cm³/mol. The van der Waals surface area contributed by atoms with E-state index in [2.05, 4.69) is 19.8 Å². The van der Waals surface area contributed by atoms with Crippen LogP contribution in [-0.4, -0.2) is 18.5 Å². The molecule has 2 heteroatoms. The molecule has 0 aromatic rings. The molecule has 11 heavy (non-hydrogen) atoms. The van der Waals surface area contributed by atoms with E-state index in [1.807, 2.05) is 6.66 Å². The third kappa shape index (κ3) is 1.37. The van der Waals surface area contributed by atoms with Crippen molar-refractivity contribution < 1.29 is 4.57 Å². The second kappa shape index (κ2) is 2.68. The van der Waals surface area contributed by atoms with Gasteiger partial charge in [-0.3, -0.25) is 0 Å². The highest BCUT2D eigenvalue weighted by Crippen LogP contribution is 2.58. The minimum atomic E-state index is -1.91. The van der Waals surface area contributed by atoms with E-state index in [0.29, 0.717) is 11.6 Å². The van der Waals surface area contributed by atoms with E-state index in [0.717, 1.165) is 6.16 Å². The Hall–Kier alpha value is -0.210. The van der Waals surface area contributed by atoms with Gasteiger partial charge in [0.1, 0.15) is 0 Å². The zero-order valence-electron chi connectivity index (χ0n) is 7.37. The molecule has 1 saturated heterocycles. The molecule has 1 nitrogen and oxygen atoms in total. The maximum atomic E-state index is 11.8. The average molecular weight is 170 g/mol. The van der Waals surface area contributed by atoms with Gasteiger partial charge in [0.2, 0.25) is 0 Å². The molecule has 1 fully saturated rings. The normalized spacial score (nSPS) is 50.5. The molecule has 0 bridgehead atoms. The van der Waals surface area contributed by atoms with Gasteiger partial charge in [0.15, 0.2) is 0 Å². The monoisotopic (exact) mass is 170 g/mol. The van der Waals surface area contributed by atoms with Gasteiger partial charge in [0.25, 0.3) is 0 Å². The van der Waals surface area contributed by atoms with Crippen LogP contribution in [0.4, 0.5) is 0 Å². The van der Waals surface area contributed by atoms with Gasteiger partial charge in [0, 0.05) is 17.7 Å². The lowest BCUT2D eigenvalue weighted by Gasteiger charge is -2.13. The summed E-state index contributed by atoms with van der Waals surface area (Å²) in [5, 5.41) is 0. The van der Waals surface area contributed by atoms with Crippen LogP contribution >= 0.6 is 7.14 Å². The maximum Gasteiger partial charge on any atom is 0.0890 e. The first-order valence-electron chi connectivity index (χ1n) is 4.01. The summed E-state index contributed by atoms with van der Waals surface area (Å²) < 4.78 is 11.8. The first kappa shape index (κ1) is 8.88. The van der Waals surface area contributed by atoms with E-state index >= 15 is 0 Å². The van der Waals surface area contributed by atoms with Crippen molar-refractivity contribution in [2.45, 2.75) is 19.5 Å². The Morgan fingerprint density at radius 1 is 1.55 bits per heavy atom.